The van der Waals surface area contributed by atoms with Gasteiger partial charge in [-0.15, -0.1) is 0 Å². The first-order valence-electron chi connectivity index (χ1n) is 5.63. The van der Waals surface area contributed by atoms with Gasteiger partial charge in [-0.2, -0.15) is 0 Å². The number of hydrogen-bond donors (Lipinski definition) is 1. The standard InChI is InChI=1S/C13H15NO2/c15-12(10-5-2-1-3-6-10)9-11-7-4-8-13(16)14-11/h1-3,5-6,11H,4,7-9H2,(H,14,16)/t11-/m0/s1. The Bertz CT molecular complexity index is 386. The summed E-state index contributed by atoms with van der Waals surface area (Å²) in [5.41, 5.74) is 0.724. The van der Waals surface area contributed by atoms with Crippen molar-refractivity contribution in [3.05, 3.63) is 35.9 Å². The molecule has 1 saturated heterocycles. The summed E-state index contributed by atoms with van der Waals surface area (Å²) in [6, 6.07) is 9.24. The smallest absolute Gasteiger partial charge is 0.220 e. The zero-order valence-electron chi connectivity index (χ0n) is 9.11. The zero-order valence-corrected chi connectivity index (χ0v) is 9.11. The highest BCUT2D eigenvalue weighted by Gasteiger charge is 2.20. The van der Waals surface area contributed by atoms with Gasteiger partial charge in [-0.3, -0.25) is 9.59 Å². The molecular formula is C13H15NO2. The van der Waals surface area contributed by atoms with Gasteiger partial charge in [0.1, 0.15) is 0 Å². The van der Waals surface area contributed by atoms with E-state index in [-0.39, 0.29) is 17.7 Å². The van der Waals surface area contributed by atoms with Gasteiger partial charge < -0.3 is 5.32 Å². The molecule has 0 saturated carbocycles. The lowest BCUT2D eigenvalue weighted by molar-refractivity contribution is -0.123. The van der Waals surface area contributed by atoms with Gasteiger partial charge >= 0.3 is 0 Å². The number of benzene rings is 1. The summed E-state index contributed by atoms with van der Waals surface area (Å²) in [7, 11) is 0. The number of hydrogen-bond acceptors (Lipinski definition) is 2. The normalized spacial score (nSPS) is 20.2. The number of carbonyl (C=O) groups is 2. The Labute approximate surface area is 94.9 Å². The van der Waals surface area contributed by atoms with Crippen molar-refractivity contribution >= 4 is 11.7 Å². The molecule has 1 aliphatic heterocycles. The fourth-order valence-electron chi connectivity index (χ4n) is 2.00. The van der Waals surface area contributed by atoms with Crippen molar-refractivity contribution < 1.29 is 9.59 Å². The predicted octanol–water partition coefficient (Wildman–Crippen LogP) is 1.93. The summed E-state index contributed by atoms with van der Waals surface area (Å²) >= 11 is 0. The quantitative estimate of drug-likeness (QED) is 0.786. The summed E-state index contributed by atoms with van der Waals surface area (Å²) in [6.45, 7) is 0. The second kappa shape index (κ2) is 4.92. The van der Waals surface area contributed by atoms with Crippen LogP contribution in [-0.4, -0.2) is 17.7 Å². The van der Waals surface area contributed by atoms with Crippen LogP contribution in [0.2, 0.25) is 0 Å². The van der Waals surface area contributed by atoms with E-state index in [0.717, 1.165) is 18.4 Å². The molecule has 1 aliphatic rings. The molecule has 84 valence electrons. The first-order chi connectivity index (χ1) is 7.75. The molecule has 3 heteroatoms. The first kappa shape index (κ1) is 10.9. The van der Waals surface area contributed by atoms with Crippen LogP contribution in [0.25, 0.3) is 0 Å². The van der Waals surface area contributed by atoms with Gasteiger partial charge in [0.2, 0.25) is 5.91 Å². The highest BCUT2D eigenvalue weighted by Crippen LogP contribution is 2.14. The molecule has 0 bridgehead atoms. The molecule has 1 heterocycles. The topological polar surface area (TPSA) is 46.2 Å². The Hall–Kier alpha value is -1.64. The molecule has 0 unspecified atom stereocenters. The molecule has 0 radical (unpaired) electrons. The number of nitrogens with one attached hydrogen (secondary N) is 1. The third kappa shape index (κ3) is 2.69. The third-order valence-corrected chi connectivity index (χ3v) is 2.85. The summed E-state index contributed by atoms with van der Waals surface area (Å²) in [4.78, 5) is 23.0. The maximum Gasteiger partial charge on any atom is 0.220 e. The summed E-state index contributed by atoms with van der Waals surface area (Å²) in [6.07, 6.45) is 2.80. The van der Waals surface area contributed by atoms with Crippen molar-refractivity contribution in [2.75, 3.05) is 0 Å². The minimum absolute atomic E-state index is 0.0222. The van der Waals surface area contributed by atoms with Crippen LogP contribution in [0.4, 0.5) is 0 Å². The monoisotopic (exact) mass is 217 g/mol. The van der Waals surface area contributed by atoms with Crippen molar-refractivity contribution in [1.29, 1.82) is 0 Å². The lowest BCUT2D eigenvalue weighted by Gasteiger charge is -2.22. The molecule has 2 rings (SSSR count). The molecule has 0 aromatic heterocycles. The average Bonchev–Trinajstić information content (AvgIpc) is 2.30. The van der Waals surface area contributed by atoms with E-state index in [1.165, 1.54) is 0 Å². The van der Waals surface area contributed by atoms with Crippen molar-refractivity contribution in [2.45, 2.75) is 31.7 Å². The van der Waals surface area contributed by atoms with Crippen LogP contribution in [0.15, 0.2) is 30.3 Å². The first-order valence-corrected chi connectivity index (χ1v) is 5.63. The molecule has 1 atom stereocenters. The van der Waals surface area contributed by atoms with Gasteiger partial charge in [0.15, 0.2) is 5.78 Å². The zero-order chi connectivity index (χ0) is 11.4. The molecule has 1 aromatic rings. The minimum atomic E-state index is 0.0222. The summed E-state index contributed by atoms with van der Waals surface area (Å²) in [5, 5.41) is 2.86. The van der Waals surface area contributed by atoms with E-state index in [4.69, 9.17) is 0 Å². The largest absolute Gasteiger partial charge is 0.353 e. The molecule has 0 spiro atoms. The number of piperidine rings is 1. The summed E-state index contributed by atoms with van der Waals surface area (Å²) in [5.74, 6) is 0.171. The maximum atomic E-state index is 11.9. The van der Waals surface area contributed by atoms with Crippen LogP contribution in [0.3, 0.4) is 0 Å². The van der Waals surface area contributed by atoms with Crippen molar-refractivity contribution in [3.63, 3.8) is 0 Å². The Morgan fingerprint density at radius 3 is 2.75 bits per heavy atom. The van der Waals surface area contributed by atoms with Gasteiger partial charge in [-0.25, -0.2) is 0 Å². The van der Waals surface area contributed by atoms with Crippen molar-refractivity contribution in [2.24, 2.45) is 0 Å². The van der Waals surface area contributed by atoms with Gasteiger partial charge in [-0.1, -0.05) is 30.3 Å². The Morgan fingerprint density at radius 1 is 1.31 bits per heavy atom. The van der Waals surface area contributed by atoms with E-state index >= 15 is 0 Å². The van der Waals surface area contributed by atoms with E-state index in [1.807, 2.05) is 30.3 Å². The van der Waals surface area contributed by atoms with Crippen LogP contribution in [0.5, 0.6) is 0 Å². The minimum Gasteiger partial charge on any atom is -0.353 e. The third-order valence-electron chi connectivity index (χ3n) is 2.85. The predicted molar refractivity (Wildman–Crippen MR) is 61.2 cm³/mol. The number of Topliss-reactive ketones (excluding diaryl/α,β-unsaturated/α-hetero) is 1. The SMILES string of the molecule is O=C1CCC[C@@H](CC(=O)c2ccccc2)N1. The molecule has 1 amide bonds. The van der Waals surface area contributed by atoms with Crippen molar-refractivity contribution in [3.8, 4) is 0 Å². The number of ketones is 1. The molecular weight excluding hydrogens is 202 g/mol. The molecule has 0 aliphatic carbocycles. The van der Waals surface area contributed by atoms with E-state index in [1.54, 1.807) is 0 Å². The molecule has 1 fully saturated rings. The lowest BCUT2D eigenvalue weighted by atomic mass is 9.97. The van der Waals surface area contributed by atoms with E-state index < -0.39 is 0 Å². The van der Waals surface area contributed by atoms with Gasteiger partial charge in [0.05, 0.1) is 0 Å². The highest BCUT2D eigenvalue weighted by atomic mass is 16.2. The maximum absolute atomic E-state index is 11.9. The number of carbonyl (C=O) groups excluding carboxylic acids is 2. The van der Waals surface area contributed by atoms with E-state index in [2.05, 4.69) is 5.32 Å². The molecule has 1 N–H and O–H groups in total. The fourth-order valence-corrected chi connectivity index (χ4v) is 2.00. The van der Waals surface area contributed by atoms with E-state index in [0.29, 0.717) is 12.8 Å². The van der Waals surface area contributed by atoms with Gasteiger partial charge in [0, 0.05) is 24.4 Å². The number of amides is 1. The van der Waals surface area contributed by atoms with Crippen LogP contribution < -0.4 is 5.32 Å². The summed E-state index contributed by atoms with van der Waals surface area (Å²) < 4.78 is 0. The van der Waals surface area contributed by atoms with Crippen LogP contribution in [-0.2, 0) is 4.79 Å². The van der Waals surface area contributed by atoms with Gasteiger partial charge in [0.25, 0.3) is 0 Å². The van der Waals surface area contributed by atoms with E-state index in [9.17, 15) is 9.59 Å². The Kier molecular flexibility index (Phi) is 3.34. The number of rotatable bonds is 3. The molecule has 16 heavy (non-hydrogen) atoms. The lowest BCUT2D eigenvalue weighted by Crippen LogP contribution is -2.39. The fraction of sp³-hybridized carbons (Fsp3) is 0.385. The molecule has 3 nitrogen and oxygen atoms in total. The van der Waals surface area contributed by atoms with Gasteiger partial charge in [-0.05, 0) is 12.8 Å². The highest BCUT2D eigenvalue weighted by molar-refractivity contribution is 5.96. The van der Waals surface area contributed by atoms with Crippen LogP contribution >= 0.6 is 0 Å². The van der Waals surface area contributed by atoms with Crippen molar-refractivity contribution in [1.82, 2.24) is 5.32 Å². The average molecular weight is 217 g/mol. The Morgan fingerprint density at radius 2 is 2.06 bits per heavy atom. The molecule has 1 aromatic carbocycles. The second-order valence-corrected chi connectivity index (χ2v) is 4.15. The van der Waals surface area contributed by atoms with Crippen LogP contribution in [0, 0.1) is 0 Å². The Balaban J connectivity index is 1.95. The van der Waals surface area contributed by atoms with Crippen LogP contribution in [0.1, 0.15) is 36.0 Å². The second-order valence-electron chi connectivity index (χ2n) is 4.15.